The fraction of sp³-hybridized carbons (Fsp3) is 0.280. The molecule has 11 heteroatoms. The molecule has 1 aliphatic carbocycles. The largest absolute Gasteiger partial charge is 0.574 e. The lowest BCUT2D eigenvalue weighted by Crippen LogP contribution is -2.37. The Morgan fingerprint density at radius 2 is 1.94 bits per heavy atom. The zero-order valence-electron chi connectivity index (χ0n) is 18.8. The van der Waals surface area contributed by atoms with Crippen LogP contribution in [0.5, 0.6) is 11.8 Å². The van der Waals surface area contributed by atoms with Crippen LogP contribution in [0, 0.1) is 5.92 Å². The molecular formula is C25H20F3N5O3. The number of halogens is 3. The van der Waals surface area contributed by atoms with Crippen molar-refractivity contribution in [3.63, 3.8) is 0 Å². The van der Waals surface area contributed by atoms with Gasteiger partial charge in [-0.3, -0.25) is 9.78 Å². The molecule has 8 nitrogen and oxygen atoms in total. The highest BCUT2D eigenvalue weighted by molar-refractivity contribution is 6.11. The van der Waals surface area contributed by atoms with Crippen LogP contribution in [0.2, 0.25) is 0 Å². The maximum Gasteiger partial charge on any atom is 0.574 e. The van der Waals surface area contributed by atoms with Crippen molar-refractivity contribution in [2.75, 3.05) is 18.9 Å². The Hall–Kier alpha value is -4.15. The van der Waals surface area contributed by atoms with E-state index in [-0.39, 0.29) is 18.4 Å². The molecule has 0 saturated heterocycles. The van der Waals surface area contributed by atoms with E-state index in [1.807, 2.05) is 0 Å². The lowest BCUT2D eigenvalue weighted by Gasteiger charge is -2.28. The second-order valence-electron chi connectivity index (χ2n) is 8.97. The fourth-order valence-electron chi connectivity index (χ4n) is 4.59. The molecule has 1 aliphatic heterocycles. The number of hydrogen-bond donors (Lipinski definition) is 1. The number of nitrogens with two attached hydrogens (primary N) is 1. The van der Waals surface area contributed by atoms with Gasteiger partial charge >= 0.3 is 6.36 Å². The Labute approximate surface area is 202 Å². The molecule has 2 aliphatic rings. The number of rotatable bonds is 5. The fourth-order valence-corrected chi connectivity index (χ4v) is 4.59. The lowest BCUT2D eigenvalue weighted by molar-refractivity contribution is -0.276. The third-order valence-corrected chi connectivity index (χ3v) is 6.48. The van der Waals surface area contributed by atoms with Crippen LogP contribution in [0.4, 0.5) is 19.0 Å². The first-order valence-corrected chi connectivity index (χ1v) is 11.4. The number of nitrogens with zero attached hydrogens (tertiary/aromatic N) is 4. The molecule has 0 spiro atoms. The molecule has 1 unspecified atom stereocenters. The van der Waals surface area contributed by atoms with Gasteiger partial charge in [-0.25, -0.2) is 4.98 Å². The van der Waals surface area contributed by atoms with Crippen molar-refractivity contribution in [3.05, 3.63) is 59.9 Å². The van der Waals surface area contributed by atoms with E-state index in [4.69, 9.17) is 10.5 Å². The first-order chi connectivity index (χ1) is 17.3. The molecule has 3 aromatic heterocycles. The van der Waals surface area contributed by atoms with Gasteiger partial charge in [0.1, 0.15) is 12.4 Å². The summed E-state index contributed by atoms with van der Waals surface area (Å²) >= 11 is 0. The quantitative estimate of drug-likeness (QED) is 0.402. The van der Waals surface area contributed by atoms with E-state index in [2.05, 4.69) is 19.7 Å². The number of pyridine rings is 3. The van der Waals surface area contributed by atoms with E-state index in [9.17, 15) is 18.0 Å². The van der Waals surface area contributed by atoms with Crippen LogP contribution in [0.3, 0.4) is 0 Å². The first-order valence-electron chi connectivity index (χ1n) is 11.4. The number of anilines is 1. The molecule has 1 aromatic carbocycles. The summed E-state index contributed by atoms with van der Waals surface area (Å²) in [6.45, 7) is 0.599. The van der Waals surface area contributed by atoms with E-state index in [1.54, 1.807) is 41.6 Å². The van der Waals surface area contributed by atoms with E-state index >= 15 is 0 Å². The average molecular weight is 495 g/mol. The van der Waals surface area contributed by atoms with E-state index in [0.29, 0.717) is 34.9 Å². The van der Waals surface area contributed by atoms with Crippen molar-refractivity contribution >= 4 is 33.4 Å². The number of alkyl halides is 3. The molecule has 184 valence electrons. The summed E-state index contributed by atoms with van der Waals surface area (Å²) in [5.41, 5.74) is 7.75. The van der Waals surface area contributed by atoms with Crippen molar-refractivity contribution < 1.29 is 27.4 Å². The van der Waals surface area contributed by atoms with Crippen LogP contribution in [-0.4, -0.2) is 45.3 Å². The van der Waals surface area contributed by atoms with Crippen LogP contribution < -0.4 is 15.2 Å². The summed E-state index contributed by atoms with van der Waals surface area (Å²) < 4.78 is 47.3. The van der Waals surface area contributed by atoms with Crippen LogP contribution in [-0.2, 0) is 0 Å². The number of nitrogen functional groups attached to an aromatic ring is 1. The van der Waals surface area contributed by atoms with Crippen molar-refractivity contribution in [2.24, 2.45) is 5.92 Å². The SMILES string of the molecule is Nc1nc2ccc(C(=O)N(CC3CC3)C3COc4nc(OC(F)(F)F)ccc43)cc2c2cnccc12. The molecule has 1 amide bonds. The maximum absolute atomic E-state index is 13.8. The third-order valence-electron chi connectivity index (χ3n) is 6.48. The molecule has 4 heterocycles. The first kappa shape index (κ1) is 22.3. The monoisotopic (exact) mass is 495 g/mol. The zero-order chi connectivity index (χ0) is 25.0. The highest BCUT2D eigenvalue weighted by Gasteiger charge is 2.38. The number of ether oxygens (including phenoxy) is 2. The van der Waals surface area contributed by atoms with Gasteiger partial charge in [-0.05, 0) is 49.1 Å². The second kappa shape index (κ2) is 8.21. The van der Waals surface area contributed by atoms with Crippen LogP contribution in [0.25, 0.3) is 21.7 Å². The predicted octanol–water partition coefficient (Wildman–Crippen LogP) is 4.64. The highest BCUT2D eigenvalue weighted by Crippen LogP contribution is 2.40. The van der Waals surface area contributed by atoms with Crippen molar-refractivity contribution in [2.45, 2.75) is 25.2 Å². The van der Waals surface area contributed by atoms with Gasteiger partial charge in [-0.1, -0.05) is 0 Å². The molecule has 1 saturated carbocycles. The Morgan fingerprint density at radius 1 is 1.11 bits per heavy atom. The average Bonchev–Trinajstić information content (AvgIpc) is 3.58. The predicted molar refractivity (Wildman–Crippen MR) is 124 cm³/mol. The van der Waals surface area contributed by atoms with E-state index < -0.39 is 18.3 Å². The maximum atomic E-state index is 13.8. The van der Waals surface area contributed by atoms with Gasteiger partial charge in [0.15, 0.2) is 0 Å². The minimum Gasteiger partial charge on any atom is -0.475 e. The standard InChI is InChI=1S/C25H20F3N5O3/c26-25(27,28)36-21-6-4-16-20(12-35-23(16)32-21)33(11-13-1-2-13)24(34)14-3-5-19-17(9-14)18-10-30-8-7-15(18)22(29)31-19/h3-10,13,20H,1-2,11-12H2,(H2,29,31). The summed E-state index contributed by atoms with van der Waals surface area (Å²) in [4.78, 5) is 28.0. The molecule has 0 radical (unpaired) electrons. The number of carbonyl (C=O) groups excluding carboxylic acids is 1. The smallest absolute Gasteiger partial charge is 0.475 e. The van der Waals surface area contributed by atoms with E-state index in [1.165, 1.54) is 6.07 Å². The Morgan fingerprint density at radius 3 is 2.72 bits per heavy atom. The minimum atomic E-state index is -4.86. The molecule has 36 heavy (non-hydrogen) atoms. The minimum absolute atomic E-state index is 0.0330. The number of hydrogen-bond acceptors (Lipinski definition) is 7. The third kappa shape index (κ3) is 4.10. The number of carbonyl (C=O) groups is 1. The van der Waals surface area contributed by atoms with E-state index in [0.717, 1.165) is 35.1 Å². The van der Waals surface area contributed by atoms with Crippen LogP contribution in [0.1, 0.15) is 34.8 Å². The van der Waals surface area contributed by atoms with Gasteiger partial charge in [0.05, 0.1) is 11.6 Å². The molecule has 2 N–H and O–H groups in total. The van der Waals surface area contributed by atoms with Gasteiger partial charge in [0.25, 0.3) is 5.91 Å². The normalized spacial score (nSPS) is 17.1. The van der Waals surface area contributed by atoms with Crippen LogP contribution in [0.15, 0.2) is 48.8 Å². The Balaban J connectivity index is 1.36. The summed E-state index contributed by atoms with van der Waals surface area (Å²) in [5, 5.41) is 2.29. The molecule has 4 aromatic rings. The van der Waals surface area contributed by atoms with Gasteiger partial charge < -0.3 is 20.1 Å². The lowest BCUT2D eigenvalue weighted by atomic mass is 10.0. The van der Waals surface area contributed by atoms with Gasteiger partial charge in [0.2, 0.25) is 11.8 Å². The van der Waals surface area contributed by atoms with Gasteiger partial charge in [-0.2, -0.15) is 4.98 Å². The zero-order valence-corrected chi connectivity index (χ0v) is 18.8. The second-order valence-corrected chi connectivity index (χ2v) is 8.97. The summed E-state index contributed by atoms with van der Waals surface area (Å²) in [6.07, 6.45) is 0.493. The number of aromatic nitrogens is 3. The topological polar surface area (TPSA) is 103 Å². The number of fused-ring (bicyclic) bond motifs is 4. The van der Waals surface area contributed by atoms with Gasteiger partial charge in [-0.15, -0.1) is 13.2 Å². The molecule has 0 bridgehead atoms. The number of benzene rings is 1. The summed E-state index contributed by atoms with van der Waals surface area (Å²) in [5.74, 6) is -0.0368. The Kier molecular flexibility index (Phi) is 5.09. The molecule has 1 fully saturated rings. The summed E-state index contributed by atoms with van der Waals surface area (Å²) in [7, 11) is 0. The van der Waals surface area contributed by atoms with Gasteiger partial charge in [0, 0.05) is 52.3 Å². The molecule has 6 rings (SSSR count). The van der Waals surface area contributed by atoms with Crippen molar-refractivity contribution in [3.8, 4) is 11.8 Å². The Bertz CT molecular complexity index is 1510. The summed E-state index contributed by atoms with van der Waals surface area (Å²) in [6, 6.07) is 9.14. The number of amides is 1. The highest BCUT2D eigenvalue weighted by atomic mass is 19.4. The molecular weight excluding hydrogens is 475 g/mol. The van der Waals surface area contributed by atoms with Crippen molar-refractivity contribution in [1.82, 2.24) is 19.9 Å². The van der Waals surface area contributed by atoms with Crippen LogP contribution >= 0.6 is 0 Å². The van der Waals surface area contributed by atoms with Crippen molar-refractivity contribution in [1.29, 1.82) is 0 Å². The molecule has 1 atom stereocenters.